The van der Waals surface area contributed by atoms with Crippen LogP contribution in [0.2, 0.25) is 0 Å². The minimum atomic E-state index is -4.39. The summed E-state index contributed by atoms with van der Waals surface area (Å²) in [7, 11) is 1.40. The third-order valence-corrected chi connectivity index (χ3v) is 5.17. The zero-order valence-corrected chi connectivity index (χ0v) is 17.8. The number of halogens is 3. The summed E-state index contributed by atoms with van der Waals surface area (Å²) < 4.78 is 48.5. The molecule has 2 aromatic carbocycles. The number of pyridine rings is 1. The summed E-state index contributed by atoms with van der Waals surface area (Å²) in [6, 6.07) is 13.3. The van der Waals surface area contributed by atoms with E-state index in [1.54, 1.807) is 24.3 Å². The van der Waals surface area contributed by atoms with Gasteiger partial charge in [0, 0.05) is 34.7 Å². The first-order chi connectivity index (χ1) is 15.2. The van der Waals surface area contributed by atoms with Crippen molar-refractivity contribution in [2.75, 3.05) is 12.4 Å². The molecule has 2 N–H and O–H groups in total. The molecular formula is C22H19F3N2O4S. The topological polar surface area (TPSA) is 80.7 Å². The number of aromatic nitrogens is 1. The molecule has 3 aromatic rings. The minimum absolute atomic E-state index is 0.00205. The molecule has 1 atom stereocenters. The van der Waals surface area contributed by atoms with Gasteiger partial charge in [-0.25, -0.2) is 0 Å². The molecule has 0 amide bonds. The average molecular weight is 464 g/mol. The second-order valence-electron chi connectivity index (χ2n) is 6.52. The van der Waals surface area contributed by atoms with Gasteiger partial charge in [-0.15, -0.1) is 0 Å². The van der Waals surface area contributed by atoms with Gasteiger partial charge in [0.05, 0.1) is 12.7 Å². The fraction of sp³-hybridized carbons (Fsp3) is 0.182. The number of hydrogen-bond donors (Lipinski definition) is 2. The lowest BCUT2D eigenvalue weighted by molar-refractivity contribution is -0.137. The summed E-state index contributed by atoms with van der Waals surface area (Å²) in [5.74, 6) is -0.366. The molecule has 6 nitrogen and oxygen atoms in total. The van der Waals surface area contributed by atoms with Crippen LogP contribution < -0.4 is 14.8 Å². The quantitative estimate of drug-likeness (QED) is 0.363. The molecule has 0 spiro atoms. The van der Waals surface area contributed by atoms with E-state index in [-0.39, 0.29) is 17.2 Å². The summed E-state index contributed by atoms with van der Waals surface area (Å²) >= 11 is 1.27. The number of methoxy groups -OCH3 is 1. The van der Waals surface area contributed by atoms with Crippen molar-refractivity contribution in [1.82, 2.24) is 4.98 Å². The van der Waals surface area contributed by atoms with E-state index in [2.05, 4.69) is 10.3 Å². The smallest absolute Gasteiger partial charge is 0.416 e. The molecule has 168 valence electrons. The largest absolute Gasteiger partial charge is 0.493 e. The van der Waals surface area contributed by atoms with Crippen molar-refractivity contribution in [3.8, 4) is 11.5 Å². The van der Waals surface area contributed by atoms with Crippen molar-refractivity contribution < 1.29 is 32.5 Å². The molecule has 32 heavy (non-hydrogen) atoms. The Hall–Kier alpha value is -3.24. The third-order valence-electron chi connectivity index (χ3n) is 4.18. The number of carbonyl (C=O) groups is 1. The van der Waals surface area contributed by atoms with E-state index in [0.29, 0.717) is 10.6 Å². The molecule has 0 fully saturated rings. The Labute approximate surface area is 186 Å². The van der Waals surface area contributed by atoms with Crippen molar-refractivity contribution in [3.63, 3.8) is 0 Å². The Morgan fingerprint density at radius 1 is 1.12 bits per heavy atom. The van der Waals surface area contributed by atoms with Crippen molar-refractivity contribution in [3.05, 3.63) is 72.1 Å². The average Bonchev–Trinajstić information content (AvgIpc) is 2.73. The molecule has 0 aliphatic rings. The van der Waals surface area contributed by atoms with Crippen LogP contribution in [0.1, 0.15) is 24.4 Å². The molecule has 1 heterocycles. The molecule has 0 aliphatic heterocycles. The number of esters is 1. The zero-order valence-electron chi connectivity index (χ0n) is 17.0. The molecule has 0 radical (unpaired) electrons. The number of nitrogens with zero attached hydrogens (tertiary/aromatic N) is 1. The van der Waals surface area contributed by atoms with Gasteiger partial charge in [0.1, 0.15) is 5.69 Å². The number of benzene rings is 2. The van der Waals surface area contributed by atoms with Gasteiger partial charge < -0.3 is 19.9 Å². The van der Waals surface area contributed by atoms with Gasteiger partial charge in [-0.3, -0.25) is 9.78 Å². The fourth-order valence-electron chi connectivity index (χ4n) is 2.77. The van der Waals surface area contributed by atoms with Gasteiger partial charge in [0.25, 0.3) is 0 Å². The Morgan fingerprint density at radius 3 is 2.47 bits per heavy atom. The van der Waals surface area contributed by atoms with Crippen LogP contribution in [0.15, 0.2) is 70.6 Å². The van der Waals surface area contributed by atoms with Gasteiger partial charge in [-0.1, -0.05) is 17.8 Å². The maximum absolute atomic E-state index is 12.7. The van der Waals surface area contributed by atoms with Crippen LogP contribution >= 0.6 is 11.8 Å². The highest BCUT2D eigenvalue weighted by Gasteiger charge is 2.30. The van der Waals surface area contributed by atoms with E-state index in [1.165, 1.54) is 50.2 Å². The highest BCUT2D eigenvalue weighted by atomic mass is 32.2. The van der Waals surface area contributed by atoms with Gasteiger partial charge in [0.2, 0.25) is 0 Å². The normalized spacial score (nSPS) is 12.2. The van der Waals surface area contributed by atoms with E-state index in [0.717, 1.165) is 17.0 Å². The summed E-state index contributed by atoms with van der Waals surface area (Å²) in [4.78, 5) is 16.9. The number of rotatable bonds is 7. The van der Waals surface area contributed by atoms with Gasteiger partial charge >= 0.3 is 12.1 Å². The van der Waals surface area contributed by atoms with Gasteiger partial charge in [-0.2, -0.15) is 13.2 Å². The van der Waals surface area contributed by atoms with Crippen LogP contribution in [0.5, 0.6) is 11.5 Å². The summed E-state index contributed by atoms with van der Waals surface area (Å²) in [6.45, 7) is 1.22. The molecule has 0 bridgehead atoms. The van der Waals surface area contributed by atoms with E-state index >= 15 is 0 Å². The molecule has 0 saturated heterocycles. The zero-order chi connectivity index (χ0) is 23.3. The number of ether oxygens (including phenoxy) is 2. The second kappa shape index (κ2) is 9.92. The van der Waals surface area contributed by atoms with E-state index in [9.17, 15) is 23.1 Å². The highest BCUT2D eigenvalue weighted by Crippen LogP contribution is 2.36. The lowest BCUT2D eigenvalue weighted by atomic mass is 10.2. The summed E-state index contributed by atoms with van der Waals surface area (Å²) in [5, 5.41) is 13.5. The number of hydrogen-bond acceptors (Lipinski definition) is 7. The van der Waals surface area contributed by atoms with Crippen molar-refractivity contribution in [2.45, 2.75) is 29.1 Å². The van der Waals surface area contributed by atoms with Crippen molar-refractivity contribution in [2.24, 2.45) is 0 Å². The van der Waals surface area contributed by atoms with Crippen molar-refractivity contribution >= 4 is 23.4 Å². The number of aliphatic hydroxyl groups excluding tert-OH is 1. The Kier molecular flexibility index (Phi) is 7.26. The third kappa shape index (κ3) is 5.92. The van der Waals surface area contributed by atoms with Gasteiger partial charge in [0.15, 0.2) is 17.7 Å². The van der Waals surface area contributed by atoms with Crippen LogP contribution in [-0.4, -0.2) is 23.2 Å². The minimum Gasteiger partial charge on any atom is -0.493 e. The fourth-order valence-corrected chi connectivity index (χ4v) is 3.65. The molecule has 0 aliphatic carbocycles. The molecule has 0 saturated carbocycles. The Morgan fingerprint density at radius 2 is 1.84 bits per heavy atom. The number of anilines is 1. The SMILES string of the molecule is COc1ccnc(C(O)Nc2cccc(Sc3ccc(C(F)(F)F)cc3)c2)c1OC(C)=O. The predicted octanol–water partition coefficient (Wildman–Crippen LogP) is 5.29. The molecule has 3 rings (SSSR count). The molecule has 1 unspecified atom stereocenters. The first-order valence-corrected chi connectivity index (χ1v) is 10.1. The Bertz CT molecular complexity index is 1090. The van der Waals surface area contributed by atoms with Crippen LogP contribution in [0.3, 0.4) is 0 Å². The maximum atomic E-state index is 12.7. The number of nitrogens with one attached hydrogen (secondary N) is 1. The second-order valence-corrected chi connectivity index (χ2v) is 7.67. The first kappa shape index (κ1) is 23.4. The highest BCUT2D eigenvalue weighted by molar-refractivity contribution is 7.99. The lowest BCUT2D eigenvalue weighted by Gasteiger charge is -2.18. The molecular weight excluding hydrogens is 445 g/mol. The Balaban J connectivity index is 1.77. The predicted molar refractivity (Wildman–Crippen MR) is 113 cm³/mol. The van der Waals surface area contributed by atoms with Crippen LogP contribution in [0, 0.1) is 0 Å². The summed E-state index contributed by atoms with van der Waals surface area (Å²) in [5.41, 5.74) is -0.136. The number of aliphatic hydroxyl groups is 1. The lowest BCUT2D eigenvalue weighted by Crippen LogP contribution is -2.15. The van der Waals surface area contributed by atoms with Gasteiger partial charge in [-0.05, 0) is 42.5 Å². The van der Waals surface area contributed by atoms with Crippen LogP contribution in [-0.2, 0) is 11.0 Å². The van der Waals surface area contributed by atoms with E-state index in [1.807, 2.05) is 0 Å². The standard InChI is InChI=1S/C22H19F3N2O4S/c1-13(28)31-20-18(30-2)10-11-26-19(20)21(29)27-15-4-3-5-17(12-15)32-16-8-6-14(7-9-16)22(23,24)25/h3-12,21,27,29H,1-2H3. The van der Waals surface area contributed by atoms with Crippen molar-refractivity contribution in [1.29, 1.82) is 0 Å². The van der Waals surface area contributed by atoms with Crippen LogP contribution in [0.4, 0.5) is 18.9 Å². The monoisotopic (exact) mass is 464 g/mol. The van der Waals surface area contributed by atoms with E-state index < -0.39 is 23.9 Å². The van der Waals surface area contributed by atoms with E-state index in [4.69, 9.17) is 9.47 Å². The van der Waals surface area contributed by atoms with Crippen LogP contribution in [0.25, 0.3) is 0 Å². The molecule has 10 heteroatoms. The molecule has 1 aromatic heterocycles. The maximum Gasteiger partial charge on any atom is 0.416 e. The number of alkyl halides is 3. The number of carbonyl (C=O) groups excluding carboxylic acids is 1. The first-order valence-electron chi connectivity index (χ1n) is 9.28. The summed E-state index contributed by atoms with van der Waals surface area (Å²) in [6.07, 6.45) is -4.31.